The Morgan fingerprint density at radius 1 is 1.25 bits per heavy atom. The molecule has 0 aliphatic carbocycles. The lowest BCUT2D eigenvalue weighted by Crippen LogP contribution is -2.27. The van der Waals surface area contributed by atoms with Crippen LogP contribution in [0.1, 0.15) is 37.0 Å². The molecule has 1 fully saturated rings. The maximum Gasteiger partial charge on any atom is 0.230 e. The number of nitrogens with one attached hydrogen (secondary N) is 1. The number of hydrogen-bond donors (Lipinski definition) is 1. The smallest absolute Gasteiger partial charge is 0.230 e. The van der Waals surface area contributed by atoms with Crippen molar-refractivity contribution in [3.63, 3.8) is 0 Å². The summed E-state index contributed by atoms with van der Waals surface area (Å²) < 4.78 is 10.9. The van der Waals surface area contributed by atoms with Gasteiger partial charge in [-0.15, -0.1) is 0 Å². The normalized spacial score (nSPS) is 18.9. The lowest BCUT2D eigenvalue weighted by atomic mass is 10.0. The molecule has 20 heavy (non-hydrogen) atoms. The van der Waals surface area contributed by atoms with E-state index in [-0.39, 0.29) is 6.04 Å². The van der Waals surface area contributed by atoms with Gasteiger partial charge in [-0.05, 0) is 31.5 Å². The van der Waals surface area contributed by atoms with Crippen LogP contribution in [0, 0.1) is 0 Å². The molecule has 0 spiro atoms. The van der Waals surface area contributed by atoms with Crippen LogP contribution in [-0.4, -0.2) is 23.3 Å². The molecule has 1 N–H and O–H groups in total. The van der Waals surface area contributed by atoms with Crippen LogP contribution in [0.5, 0.6) is 5.75 Å². The Balaban J connectivity index is 1.50. The molecule has 1 unspecified atom stereocenters. The molecule has 2 heterocycles. The summed E-state index contributed by atoms with van der Waals surface area (Å²) >= 11 is 0. The van der Waals surface area contributed by atoms with E-state index in [1.807, 2.05) is 30.3 Å². The highest BCUT2D eigenvalue weighted by Crippen LogP contribution is 2.20. The predicted octanol–water partition coefficient (Wildman–Crippen LogP) is 2.51. The molecule has 0 saturated carbocycles. The summed E-state index contributed by atoms with van der Waals surface area (Å²) in [5.41, 5.74) is 0. The van der Waals surface area contributed by atoms with Gasteiger partial charge in [0.25, 0.3) is 0 Å². The summed E-state index contributed by atoms with van der Waals surface area (Å²) in [6.07, 6.45) is 4.17. The summed E-state index contributed by atoms with van der Waals surface area (Å²) in [5.74, 6) is 2.28. The highest BCUT2D eigenvalue weighted by molar-refractivity contribution is 5.20. The van der Waals surface area contributed by atoms with Crippen molar-refractivity contribution in [2.24, 2.45) is 0 Å². The average Bonchev–Trinajstić information content (AvgIpc) is 2.98. The molecule has 0 radical (unpaired) electrons. The zero-order valence-corrected chi connectivity index (χ0v) is 11.4. The molecule has 1 atom stereocenters. The zero-order valence-electron chi connectivity index (χ0n) is 11.4. The molecule has 1 aromatic heterocycles. The fraction of sp³-hybridized carbons (Fsp3) is 0.467. The SMILES string of the molecule is c1ccc(OCCc2nc(C3CCCCN3)no2)cc1. The van der Waals surface area contributed by atoms with Crippen LogP contribution in [0.2, 0.25) is 0 Å². The van der Waals surface area contributed by atoms with Gasteiger partial charge < -0.3 is 14.6 Å². The Labute approximate surface area is 118 Å². The summed E-state index contributed by atoms with van der Waals surface area (Å²) in [5, 5.41) is 7.48. The molecule has 1 aromatic carbocycles. The molecule has 1 saturated heterocycles. The second-order valence-electron chi connectivity index (χ2n) is 4.96. The van der Waals surface area contributed by atoms with Gasteiger partial charge in [0.2, 0.25) is 5.89 Å². The van der Waals surface area contributed by atoms with Gasteiger partial charge in [0.15, 0.2) is 5.82 Å². The third kappa shape index (κ3) is 3.36. The van der Waals surface area contributed by atoms with E-state index in [9.17, 15) is 0 Å². The number of benzene rings is 1. The minimum atomic E-state index is 0.247. The van der Waals surface area contributed by atoms with Crippen LogP contribution in [0.3, 0.4) is 0 Å². The van der Waals surface area contributed by atoms with E-state index in [2.05, 4.69) is 15.5 Å². The molecule has 0 bridgehead atoms. The first-order chi connectivity index (χ1) is 9.92. The third-order valence-electron chi connectivity index (χ3n) is 3.43. The minimum Gasteiger partial charge on any atom is -0.493 e. The number of rotatable bonds is 5. The van der Waals surface area contributed by atoms with Gasteiger partial charge in [-0.25, -0.2) is 0 Å². The van der Waals surface area contributed by atoms with Gasteiger partial charge >= 0.3 is 0 Å². The summed E-state index contributed by atoms with van der Waals surface area (Å²) in [7, 11) is 0. The standard InChI is InChI=1S/C15H19N3O2/c1-2-6-12(7-3-1)19-11-9-14-17-15(18-20-14)13-8-4-5-10-16-13/h1-3,6-7,13,16H,4-5,8-11H2. The monoisotopic (exact) mass is 273 g/mol. The van der Waals surface area contributed by atoms with Gasteiger partial charge in [0.1, 0.15) is 5.75 Å². The van der Waals surface area contributed by atoms with Gasteiger partial charge in [-0.2, -0.15) is 4.98 Å². The van der Waals surface area contributed by atoms with Crippen LogP contribution in [-0.2, 0) is 6.42 Å². The third-order valence-corrected chi connectivity index (χ3v) is 3.43. The van der Waals surface area contributed by atoms with E-state index in [1.54, 1.807) is 0 Å². The van der Waals surface area contributed by atoms with Gasteiger partial charge in [0.05, 0.1) is 19.1 Å². The van der Waals surface area contributed by atoms with Crippen LogP contribution in [0.4, 0.5) is 0 Å². The molecule has 1 aliphatic rings. The molecule has 2 aromatic rings. The number of piperidine rings is 1. The summed E-state index contributed by atoms with van der Waals surface area (Å²) in [6.45, 7) is 1.58. The summed E-state index contributed by atoms with van der Waals surface area (Å²) in [4.78, 5) is 4.44. The fourth-order valence-corrected chi connectivity index (χ4v) is 2.36. The Morgan fingerprint density at radius 2 is 2.15 bits per heavy atom. The lowest BCUT2D eigenvalue weighted by Gasteiger charge is -2.19. The second kappa shape index (κ2) is 6.52. The number of aromatic nitrogens is 2. The number of nitrogens with zero attached hydrogens (tertiary/aromatic N) is 2. The number of hydrogen-bond acceptors (Lipinski definition) is 5. The quantitative estimate of drug-likeness (QED) is 0.907. The highest BCUT2D eigenvalue weighted by Gasteiger charge is 2.20. The Bertz CT molecular complexity index is 521. The van der Waals surface area contributed by atoms with Crippen LogP contribution >= 0.6 is 0 Å². The second-order valence-corrected chi connectivity index (χ2v) is 4.96. The van der Waals surface area contributed by atoms with Crippen LogP contribution in [0.25, 0.3) is 0 Å². The van der Waals surface area contributed by atoms with Crippen LogP contribution in [0.15, 0.2) is 34.9 Å². The Morgan fingerprint density at radius 3 is 2.95 bits per heavy atom. The number of ether oxygens (including phenoxy) is 1. The number of para-hydroxylation sites is 1. The van der Waals surface area contributed by atoms with Crippen molar-refractivity contribution in [3.05, 3.63) is 42.0 Å². The van der Waals surface area contributed by atoms with Crippen molar-refractivity contribution < 1.29 is 9.26 Å². The first-order valence-electron chi connectivity index (χ1n) is 7.15. The van der Waals surface area contributed by atoms with Crippen molar-refractivity contribution >= 4 is 0 Å². The van der Waals surface area contributed by atoms with E-state index >= 15 is 0 Å². The van der Waals surface area contributed by atoms with E-state index in [0.29, 0.717) is 18.9 Å². The zero-order chi connectivity index (χ0) is 13.6. The van der Waals surface area contributed by atoms with Crippen LogP contribution < -0.4 is 10.1 Å². The average molecular weight is 273 g/mol. The molecule has 106 valence electrons. The summed E-state index contributed by atoms with van der Waals surface area (Å²) in [6, 6.07) is 9.99. The molecule has 5 nitrogen and oxygen atoms in total. The predicted molar refractivity (Wildman–Crippen MR) is 74.5 cm³/mol. The maximum absolute atomic E-state index is 5.62. The Hall–Kier alpha value is -1.88. The van der Waals surface area contributed by atoms with E-state index < -0.39 is 0 Å². The molecule has 5 heteroatoms. The maximum atomic E-state index is 5.62. The van der Waals surface area contributed by atoms with E-state index in [0.717, 1.165) is 24.5 Å². The van der Waals surface area contributed by atoms with E-state index in [1.165, 1.54) is 12.8 Å². The molecular formula is C15H19N3O2. The van der Waals surface area contributed by atoms with Crippen molar-refractivity contribution in [3.8, 4) is 5.75 Å². The largest absolute Gasteiger partial charge is 0.493 e. The first kappa shape index (κ1) is 13.1. The molecule has 1 aliphatic heterocycles. The van der Waals surface area contributed by atoms with Crippen molar-refractivity contribution in [1.29, 1.82) is 0 Å². The Kier molecular flexibility index (Phi) is 4.28. The minimum absolute atomic E-state index is 0.247. The van der Waals surface area contributed by atoms with E-state index in [4.69, 9.17) is 9.26 Å². The van der Waals surface area contributed by atoms with Gasteiger partial charge in [0, 0.05) is 0 Å². The van der Waals surface area contributed by atoms with Crippen molar-refractivity contribution in [1.82, 2.24) is 15.5 Å². The van der Waals surface area contributed by atoms with Gasteiger partial charge in [-0.3, -0.25) is 0 Å². The first-order valence-corrected chi connectivity index (χ1v) is 7.15. The van der Waals surface area contributed by atoms with Crippen molar-refractivity contribution in [2.45, 2.75) is 31.7 Å². The lowest BCUT2D eigenvalue weighted by molar-refractivity contribution is 0.290. The van der Waals surface area contributed by atoms with Crippen molar-refractivity contribution in [2.75, 3.05) is 13.2 Å². The topological polar surface area (TPSA) is 60.2 Å². The van der Waals surface area contributed by atoms with Gasteiger partial charge in [-0.1, -0.05) is 29.8 Å². The molecular weight excluding hydrogens is 254 g/mol. The highest BCUT2D eigenvalue weighted by atomic mass is 16.5. The molecule has 3 rings (SSSR count). The fourth-order valence-electron chi connectivity index (χ4n) is 2.36. The molecule has 0 amide bonds.